The van der Waals surface area contributed by atoms with Crippen LogP contribution in [0.3, 0.4) is 0 Å². The number of aromatic nitrogens is 1. The highest BCUT2D eigenvalue weighted by molar-refractivity contribution is 6.03. The van der Waals surface area contributed by atoms with E-state index in [1.807, 2.05) is 52.0 Å². The minimum atomic E-state index is -0.387. The van der Waals surface area contributed by atoms with Crippen LogP contribution >= 0.6 is 0 Å². The van der Waals surface area contributed by atoms with E-state index in [4.69, 9.17) is 9.47 Å². The van der Waals surface area contributed by atoms with E-state index in [-0.39, 0.29) is 23.8 Å². The van der Waals surface area contributed by atoms with Gasteiger partial charge in [0.15, 0.2) is 5.78 Å². The molecule has 1 aliphatic rings. The third kappa shape index (κ3) is 3.92. The molecule has 0 saturated heterocycles. The summed E-state index contributed by atoms with van der Waals surface area (Å²) < 4.78 is 10.9. The van der Waals surface area contributed by atoms with Crippen molar-refractivity contribution in [2.75, 3.05) is 6.61 Å². The third-order valence-corrected chi connectivity index (χ3v) is 5.24. The van der Waals surface area contributed by atoms with Crippen molar-refractivity contribution < 1.29 is 19.1 Å². The highest BCUT2D eigenvalue weighted by Crippen LogP contribution is 2.35. The van der Waals surface area contributed by atoms with Gasteiger partial charge < -0.3 is 14.5 Å². The van der Waals surface area contributed by atoms with E-state index in [2.05, 4.69) is 4.98 Å². The Morgan fingerprint density at radius 1 is 1.22 bits per heavy atom. The molecule has 0 radical (unpaired) electrons. The lowest BCUT2D eigenvalue weighted by Gasteiger charge is -2.22. The molecule has 1 aliphatic carbocycles. The van der Waals surface area contributed by atoms with Crippen LogP contribution in [0.4, 0.5) is 0 Å². The Morgan fingerprint density at radius 3 is 2.56 bits per heavy atom. The second kappa shape index (κ2) is 7.99. The molecule has 1 aromatic carbocycles. The Morgan fingerprint density at radius 2 is 1.93 bits per heavy atom. The van der Waals surface area contributed by atoms with E-state index in [0.717, 1.165) is 23.4 Å². The molecule has 1 aromatic heterocycles. The van der Waals surface area contributed by atoms with Crippen LogP contribution in [0.2, 0.25) is 0 Å². The maximum absolute atomic E-state index is 12.8. The molecule has 1 heterocycles. The molecule has 0 unspecified atom stereocenters. The maximum Gasteiger partial charge on any atom is 0.355 e. The van der Waals surface area contributed by atoms with Crippen LogP contribution in [0, 0.1) is 6.92 Å². The Kier molecular flexibility index (Phi) is 5.68. The first-order valence-corrected chi connectivity index (χ1v) is 9.62. The monoisotopic (exact) mass is 369 g/mol. The number of ketones is 1. The van der Waals surface area contributed by atoms with Gasteiger partial charge in [-0.15, -0.1) is 0 Å². The molecule has 0 fully saturated rings. The molecule has 27 heavy (non-hydrogen) atoms. The summed E-state index contributed by atoms with van der Waals surface area (Å²) in [6, 6.07) is 7.91. The van der Waals surface area contributed by atoms with E-state index < -0.39 is 0 Å². The van der Waals surface area contributed by atoms with E-state index in [1.165, 1.54) is 0 Å². The molecular formula is C22H27NO4. The minimum Gasteiger partial charge on any atom is -0.494 e. The first-order chi connectivity index (χ1) is 12.9. The number of hydrogen-bond donors (Lipinski definition) is 1. The second-order valence-electron chi connectivity index (χ2n) is 7.13. The molecule has 3 rings (SSSR count). The molecule has 0 aliphatic heterocycles. The van der Waals surface area contributed by atoms with Gasteiger partial charge in [0.25, 0.3) is 0 Å². The number of benzene rings is 1. The fourth-order valence-corrected chi connectivity index (χ4v) is 3.60. The molecular weight excluding hydrogens is 342 g/mol. The van der Waals surface area contributed by atoms with Gasteiger partial charge in [-0.3, -0.25) is 4.79 Å². The predicted molar refractivity (Wildman–Crippen MR) is 104 cm³/mol. The van der Waals surface area contributed by atoms with E-state index in [1.54, 1.807) is 0 Å². The summed E-state index contributed by atoms with van der Waals surface area (Å²) in [6.07, 6.45) is 1.75. The van der Waals surface area contributed by atoms with E-state index >= 15 is 0 Å². The summed E-state index contributed by atoms with van der Waals surface area (Å²) >= 11 is 0. The smallest absolute Gasteiger partial charge is 0.355 e. The van der Waals surface area contributed by atoms with Gasteiger partial charge in [-0.05, 0) is 62.8 Å². The minimum absolute atomic E-state index is 0.0754. The van der Waals surface area contributed by atoms with Gasteiger partial charge in [-0.25, -0.2) is 4.79 Å². The number of esters is 1. The average Bonchev–Trinajstić information content (AvgIpc) is 2.99. The molecule has 2 aromatic rings. The second-order valence-corrected chi connectivity index (χ2v) is 7.13. The zero-order valence-electron chi connectivity index (χ0n) is 16.4. The largest absolute Gasteiger partial charge is 0.494 e. The predicted octanol–water partition coefficient (Wildman–Crippen LogP) is 4.59. The summed E-state index contributed by atoms with van der Waals surface area (Å²) in [6.45, 7) is 8.23. The highest BCUT2D eigenvalue weighted by atomic mass is 16.5. The zero-order chi connectivity index (χ0) is 19.6. The average molecular weight is 369 g/mol. The van der Waals surface area contributed by atoms with Crippen LogP contribution in [0.5, 0.6) is 5.75 Å². The summed E-state index contributed by atoms with van der Waals surface area (Å²) in [5, 5.41) is 0. The maximum atomic E-state index is 12.8. The molecule has 144 valence electrons. The molecule has 5 heteroatoms. The molecule has 1 N–H and O–H groups in total. The molecule has 2 atom stereocenters. The summed E-state index contributed by atoms with van der Waals surface area (Å²) in [7, 11) is 0. The van der Waals surface area contributed by atoms with Gasteiger partial charge in [-0.1, -0.05) is 19.1 Å². The Bertz CT molecular complexity index is 835. The number of aromatic amines is 1. The van der Waals surface area contributed by atoms with Crippen molar-refractivity contribution in [3.05, 3.63) is 52.3 Å². The number of carbonyl (C=O) groups is 2. The molecule has 5 nitrogen and oxygen atoms in total. The molecule has 0 spiro atoms. The summed E-state index contributed by atoms with van der Waals surface area (Å²) in [4.78, 5) is 28.4. The lowest BCUT2D eigenvalue weighted by molar-refractivity contribution is 0.0327. The van der Waals surface area contributed by atoms with Crippen molar-refractivity contribution in [2.24, 2.45) is 0 Å². The highest BCUT2D eigenvalue weighted by Gasteiger charge is 2.32. The van der Waals surface area contributed by atoms with Crippen LogP contribution in [0.25, 0.3) is 0 Å². The lowest BCUT2D eigenvalue weighted by Crippen LogP contribution is -2.18. The first-order valence-electron chi connectivity index (χ1n) is 9.62. The fourth-order valence-electron chi connectivity index (χ4n) is 3.60. The normalized spacial score (nSPS) is 17.3. The number of fused-ring (bicyclic) bond motifs is 1. The number of hydrogen-bond acceptors (Lipinski definition) is 4. The number of nitrogens with one attached hydrogen (secondary N) is 1. The number of rotatable bonds is 6. The topological polar surface area (TPSA) is 68.4 Å². The molecule has 0 amide bonds. The lowest BCUT2D eigenvalue weighted by atomic mass is 9.81. The van der Waals surface area contributed by atoms with Crippen molar-refractivity contribution in [1.82, 2.24) is 4.98 Å². The van der Waals surface area contributed by atoms with Crippen molar-refractivity contribution in [3.63, 3.8) is 0 Å². The van der Waals surface area contributed by atoms with E-state index in [0.29, 0.717) is 36.3 Å². The van der Waals surface area contributed by atoms with Crippen molar-refractivity contribution in [2.45, 2.75) is 59.0 Å². The van der Waals surface area contributed by atoms with Gasteiger partial charge in [0.2, 0.25) is 0 Å². The van der Waals surface area contributed by atoms with Gasteiger partial charge in [0, 0.05) is 17.7 Å². The van der Waals surface area contributed by atoms with Gasteiger partial charge in [0.05, 0.1) is 12.7 Å². The van der Waals surface area contributed by atoms with Gasteiger partial charge >= 0.3 is 5.97 Å². The number of carbonyl (C=O) groups excluding carboxylic acids is 2. The number of H-pyrrole nitrogens is 1. The zero-order valence-corrected chi connectivity index (χ0v) is 16.4. The van der Waals surface area contributed by atoms with Crippen LogP contribution in [-0.4, -0.2) is 29.4 Å². The summed E-state index contributed by atoms with van der Waals surface area (Å²) in [5.74, 6) is 0.611. The van der Waals surface area contributed by atoms with Crippen LogP contribution in [0.1, 0.15) is 77.2 Å². The fraction of sp³-hybridized carbons (Fsp3) is 0.455. The Hall–Kier alpha value is -2.56. The standard InChI is InChI=1S/C22H27NO4/c1-5-13(3)27-22(25)21-14(4)20-18(23-21)11-16(12-19(20)24)15-7-9-17(10-8-15)26-6-2/h7-10,13,16,23H,5-6,11-12H2,1-4H3/t13-,16+/m1/s1. The Balaban J connectivity index is 1.84. The first kappa shape index (κ1) is 19.2. The Labute approximate surface area is 160 Å². The number of ether oxygens (including phenoxy) is 2. The molecule has 0 bridgehead atoms. The molecule has 0 saturated carbocycles. The third-order valence-electron chi connectivity index (χ3n) is 5.24. The van der Waals surface area contributed by atoms with Crippen LogP contribution in [0.15, 0.2) is 24.3 Å². The van der Waals surface area contributed by atoms with E-state index in [9.17, 15) is 9.59 Å². The quantitative estimate of drug-likeness (QED) is 0.756. The van der Waals surface area contributed by atoms with Crippen molar-refractivity contribution >= 4 is 11.8 Å². The van der Waals surface area contributed by atoms with Gasteiger partial charge in [-0.2, -0.15) is 0 Å². The van der Waals surface area contributed by atoms with Crippen molar-refractivity contribution in [3.8, 4) is 5.75 Å². The van der Waals surface area contributed by atoms with Gasteiger partial charge in [0.1, 0.15) is 11.4 Å². The SMILES string of the molecule is CCOc1ccc([C@@H]2CC(=O)c3c([nH]c(C(=O)O[C@H](C)CC)c3C)C2)cc1. The van der Waals surface area contributed by atoms with Crippen LogP contribution < -0.4 is 4.74 Å². The van der Waals surface area contributed by atoms with Crippen LogP contribution in [-0.2, 0) is 11.2 Å². The summed E-state index contributed by atoms with van der Waals surface area (Å²) in [5.41, 5.74) is 3.70. The van der Waals surface area contributed by atoms with Crippen molar-refractivity contribution in [1.29, 1.82) is 0 Å². The number of Topliss-reactive ketones (excluding diaryl/α,β-unsaturated/α-hetero) is 1.